The predicted octanol–water partition coefficient (Wildman–Crippen LogP) is 2.67. The van der Waals surface area contributed by atoms with Crippen LogP contribution in [0, 0.1) is 0 Å². The fraction of sp³-hybridized carbons (Fsp3) is 0.538. The van der Waals surface area contributed by atoms with Gasteiger partial charge in [-0.15, -0.1) is 0 Å². The summed E-state index contributed by atoms with van der Waals surface area (Å²) in [6.45, 7) is 1.47. The van der Waals surface area contributed by atoms with E-state index in [1.165, 1.54) is 0 Å². The fourth-order valence-corrected chi connectivity index (χ4v) is 2.94. The monoisotopic (exact) mass is 253 g/mol. The van der Waals surface area contributed by atoms with E-state index in [0.717, 1.165) is 37.2 Å². The van der Waals surface area contributed by atoms with Crippen LogP contribution in [0.25, 0.3) is 0 Å². The molecule has 1 spiro atoms. The van der Waals surface area contributed by atoms with Crippen molar-refractivity contribution in [2.24, 2.45) is 5.73 Å². The van der Waals surface area contributed by atoms with Gasteiger partial charge in [0.2, 0.25) is 0 Å². The van der Waals surface area contributed by atoms with Crippen molar-refractivity contribution < 1.29 is 9.47 Å². The highest BCUT2D eigenvalue weighted by Gasteiger charge is 2.41. The molecule has 0 saturated carbocycles. The van der Waals surface area contributed by atoms with Crippen LogP contribution < -0.4 is 10.5 Å². The Balaban J connectivity index is 1.94. The topological polar surface area (TPSA) is 44.5 Å². The zero-order valence-electron chi connectivity index (χ0n) is 9.62. The van der Waals surface area contributed by atoms with Crippen LogP contribution in [0.1, 0.15) is 30.9 Å². The van der Waals surface area contributed by atoms with Gasteiger partial charge < -0.3 is 15.2 Å². The molecule has 2 aliphatic rings. The molecule has 2 aliphatic heterocycles. The van der Waals surface area contributed by atoms with Crippen LogP contribution >= 0.6 is 11.6 Å². The van der Waals surface area contributed by atoms with Gasteiger partial charge in [0.05, 0.1) is 6.61 Å². The van der Waals surface area contributed by atoms with E-state index >= 15 is 0 Å². The maximum Gasteiger partial charge on any atom is 0.134 e. The highest BCUT2D eigenvalue weighted by Crippen LogP contribution is 2.42. The lowest BCUT2D eigenvalue weighted by molar-refractivity contribution is -0.0833. The predicted molar refractivity (Wildman–Crippen MR) is 66.4 cm³/mol. The number of ether oxygens (including phenoxy) is 2. The summed E-state index contributed by atoms with van der Waals surface area (Å²) in [5, 5.41) is 0.707. The molecular weight excluding hydrogens is 238 g/mol. The second kappa shape index (κ2) is 4.16. The van der Waals surface area contributed by atoms with Crippen molar-refractivity contribution in [3.8, 4) is 5.75 Å². The van der Waals surface area contributed by atoms with E-state index in [4.69, 9.17) is 26.8 Å². The molecule has 1 aromatic rings. The first kappa shape index (κ1) is 11.3. The van der Waals surface area contributed by atoms with Gasteiger partial charge in [0.15, 0.2) is 0 Å². The summed E-state index contributed by atoms with van der Waals surface area (Å²) in [6, 6.07) is 5.64. The molecule has 0 aliphatic carbocycles. The first-order valence-corrected chi connectivity index (χ1v) is 6.38. The Morgan fingerprint density at radius 2 is 2.29 bits per heavy atom. The molecular formula is C13H16ClNO2. The molecule has 2 N–H and O–H groups in total. The fourth-order valence-electron chi connectivity index (χ4n) is 2.76. The number of halogens is 1. The molecule has 0 amide bonds. The van der Waals surface area contributed by atoms with Gasteiger partial charge in [0.1, 0.15) is 11.4 Å². The highest BCUT2D eigenvalue weighted by molar-refractivity contribution is 6.30. The van der Waals surface area contributed by atoms with Crippen LogP contribution in [-0.2, 0) is 4.74 Å². The molecule has 3 rings (SSSR count). The SMILES string of the molecule is N[C@@H]1CC2(CCCOC2)Oc2ccc(Cl)cc21. The second-order valence-corrected chi connectivity index (χ2v) is 5.37. The minimum Gasteiger partial charge on any atom is -0.484 e. The molecule has 1 aromatic carbocycles. The van der Waals surface area contributed by atoms with Crippen LogP contribution in [-0.4, -0.2) is 18.8 Å². The smallest absolute Gasteiger partial charge is 0.134 e. The van der Waals surface area contributed by atoms with Crippen molar-refractivity contribution in [1.29, 1.82) is 0 Å². The average molecular weight is 254 g/mol. The van der Waals surface area contributed by atoms with Crippen LogP contribution in [0.3, 0.4) is 0 Å². The minimum atomic E-state index is -0.224. The van der Waals surface area contributed by atoms with Crippen molar-refractivity contribution in [3.05, 3.63) is 28.8 Å². The summed E-state index contributed by atoms with van der Waals surface area (Å²) in [5.74, 6) is 0.860. The first-order chi connectivity index (χ1) is 8.19. The molecule has 17 heavy (non-hydrogen) atoms. The number of hydrogen-bond acceptors (Lipinski definition) is 3. The number of benzene rings is 1. The zero-order chi connectivity index (χ0) is 11.9. The lowest BCUT2D eigenvalue weighted by Crippen LogP contribution is -2.49. The molecule has 0 bridgehead atoms. The van der Waals surface area contributed by atoms with Gasteiger partial charge in [0, 0.05) is 29.7 Å². The summed E-state index contributed by atoms with van der Waals surface area (Å²) in [5.41, 5.74) is 7.01. The van der Waals surface area contributed by atoms with Crippen LogP contribution in [0.4, 0.5) is 0 Å². The van der Waals surface area contributed by atoms with E-state index in [9.17, 15) is 0 Å². The third-order valence-corrected chi connectivity index (χ3v) is 3.81. The summed E-state index contributed by atoms with van der Waals surface area (Å²) in [7, 11) is 0. The molecule has 1 saturated heterocycles. The van der Waals surface area contributed by atoms with Gasteiger partial charge in [-0.1, -0.05) is 11.6 Å². The summed E-state index contributed by atoms with van der Waals surface area (Å²) >= 11 is 5.98. The summed E-state index contributed by atoms with van der Waals surface area (Å²) in [4.78, 5) is 0. The van der Waals surface area contributed by atoms with Gasteiger partial charge in [0.25, 0.3) is 0 Å². The van der Waals surface area contributed by atoms with Crippen LogP contribution in [0.2, 0.25) is 5.02 Å². The molecule has 0 aromatic heterocycles. The lowest BCUT2D eigenvalue weighted by atomic mass is 9.84. The molecule has 2 atom stereocenters. The number of nitrogens with two attached hydrogens (primary N) is 1. The third kappa shape index (κ3) is 2.03. The Morgan fingerprint density at radius 1 is 1.41 bits per heavy atom. The van der Waals surface area contributed by atoms with E-state index in [2.05, 4.69) is 0 Å². The largest absolute Gasteiger partial charge is 0.484 e. The normalized spacial score (nSPS) is 32.0. The van der Waals surface area contributed by atoms with E-state index in [-0.39, 0.29) is 11.6 Å². The van der Waals surface area contributed by atoms with Gasteiger partial charge in [-0.25, -0.2) is 0 Å². The van der Waals surface area contributed by atoms with E-state index < -0.39 is 0 Å². The maximum absolute atomic E-state index is 6.23. The second-order valence-electron chi connectivity index (χ2n) is 4.93. The van der Waals surface area contributed by atoms with Gasteiger partial charge in [-0.2, -0.15) is 0 Å². The minimum absolute atomic E-state index is 0.0147. The first-order valence-electron chi connectivity index (χ1n) is 6.00. The molecule has 1 unspecified atom stereocenters. The van der Waals surface area contributed by atoms with Crippen LogP contribution in [0.5, 0.6) is 5.75 Å². The van der Waals surface area contributed by atoms with Crippen molar-refractivity contribution >= 4 is 11.6 Å². The summed E-state index contributed by atoms with van der Waals surface area (Å²) < 4.78 is 11.7. The summed E-state index contributed by atoms with van der Waals surface area (Å²) in [6.07, 6.45) is 2.86. The molecule has 1 fully saturated rings. The average Bonchev–Trinajstić information content (AvgIpc) is 2.31. The van der Waals surface area contributed by atoms with Gasteiger partial charge in [-0.3, -0.25) is 0 Å². The van der Waals surface area contributed by atoms with E-state index in [1.807, 2.05) is 18.2 Å². The Bertz CT molecular complexity index is 429. The standard InChI is InChI=1S/C13H16ClNO2/c14-9-2-3-12-10(6-9)11(15)7-13(17-12)4-1-5-16-8-13/h2-3,6,11H,1,4-5,7-8,15H2/t11-,13?/m1/s1. The molecule has 92 valence electrons. The van der Waals surface area contributed by atoms with E-state index in [1.54, 1.807) is 0 Å². The molecule has 3 nitrogen and oxygen atoms in total. The molecule has 4 heteroatoms. The highest BCUT2D eigenvalue weighted by atomic mass is 35.5. The molecule has 2 heterocycles. The number of fused-ring (bicyclic) bond motifs is 1. The van der Waals surface area contributed by atoms with E-state index in [0.29, 0.717) is 11.6 Å². The van der Waals surface area contributed by atoms with Gasteiger partial charge in [-0.05, 0) is 31.0 Å². The number of rotatable bonds is 0. The maximum atomic E-state index is 6.23. The van der Waals surface area contributed by atoms with Gasteiger partial charge >= 0.3 is 0 Å². The lowest BCUT2D eigenvalue weighted by Gasteiger charge is -2.43. The third-order valence-electron chi connectivity index (χ3n) is 3.58. The number of hydrogen-bond donors (Lipinski definition) is 1. The quantitative estimate of drug-likeness (QED) is 0.773. The Labute approximate surface area is 106 Å². The Morgan fingerprint density at radius 3 is 3.06 bits per heavy atom. The van der Waals surface area contributed by atoms with Crippen molar-refractivity contribution in [1.82, 2.24) is 0 Å². The Kier molecular flexibility index (Phi) is 2.77. The van der Waals surface area contributed by atoms with Crippen molar-refractivity contribution in [2.75, 3.05) is 13.2 Å². The zero-order valence-corrected chi connectivity index (χ0v) is 10.4. The molecule has 0 radical (unpaired) electrons. The Hall–Kier alpha value is -0.770. The van der Waals surface area contributed by atoms with Crippen LogP contribution in [0.15, 0.2) is 18.2 Å². The van der Waals surface area contributed by atoms with Crippen molar-refractivity contribution in [2.45, 2.75) is 30.9 Å². The van der Waals surface area contributed by atoms with Crippen molar-refractivity contribution in [3.63, 3.8) is 0 Å².